The first-order chi connectivity index (χ1) is 9.60. The van der Waals surface area contributed by atoms with Crippen LogP contribution in [0.25, 0.3) is 10.9 Å². The number of aromatic nitrogens is 2. The largest absolute Gasteiger partial charge is 0.496 e. The van der Waals surface area contributed by atoms with Gasteiger partial charge < -0.3 is 15.8 Å². The van der Waals surface area contributed by atoms with Crippen molar-refractivity contribution < 1.29 is 9.53 Å². The monoisotopic (exact) mass is 386 g/mol. The van der Waals surface area contributed by atoms with Crippen LogP contribution in [0.5, 0.6) is 5.75 Å². The fraction of sp³-hybridized carbons (Fsp3) is 0.308. The molecule has 2 aromatic rings. The molecule has 106 valence electrons. The SMILES string of the molecule is CCCNC(=O)c1nnc2c(I)c(OC)ccc2c1N. The van der Waals surface area contributed by atoms with Crippen molar-refractivity contribution in [1.82, 2.24) is 15.5 Å². The summed E-state index contributed by atoms with van der Waals surface area (Å²) in [7, 11) is 1.59. The van der Waals surface area contributed by atoms with Crippen molar-refractivity contribution in [3.8, 4) is 5.75 Å². The average Bonchev–Trinajstić information content (AvgIpc) is 2.46. The molecule has 0 saturated carbocycles. The zero-order chi connectivity index (χ0) is 14.7. The summed E-state index contributed by atoms with van der Waals surface area (Å²) in [5.74, 6) is 0.402. The van der Waals surface area contributed by atoms with Crippen molar-refractivity contribution in [2.24, 2.45) is 0 Å². The highest BCUT2D eigenvalue weighted by Gasteiger charge is 2.17. The standard InChI is InChI=1S/C13H15IN4O2/c1-3-6-16-13(19)12-10(15)7-4-5-8(20-2)9(14)11(7)17-18-12/h4-5H,3,6H2,1-2H3,(H2,15,17)(H,16,19). The molecule has 0 aliphatic rings. The Labute approximate surface area is 130 Å². The first kappa shape index (κ1) is 14.8. The number of anilines is 1. The lowest BCUT2D eigenvalue weighted by atomic mass is 10.1. The minimum Gasteiger partial charge on any atom is -0.496 e. The number of ether oxygens (including phenoxy) is 1. The van der Waals surface area contributed by atoms with Gasteiger partial charge in [0.15, 0.2) is 5.69 Å². The van der Waals surface area contributed by atoms with Crippen LogP contribution < -0.4 is 15.8 Å². The molecule has 0 atom stereocenters. The third kappa shape index (κ3) is 2.62. The fourth-order valence-corrected chi connectivity index (χ4v) is 2.59. The number of fused-ring (bicyclic) bond motifs is 1. The minimum atomic E-state index is -0.301. The summed E-state index contributed by atoms with van der Waals surface area (Å²) >= 11 is 2.12. The summed E-state index contributed by atoms with van der Waals surface area (Å²) in [4.78, 5) is 12.0. The predicted octanol–water partition coefficient (Wildman–Crippen LogP) is 1.96. The number of carbonyl (C=O) groups is 1. The Hall–Kier alpha value is -1.64. The minimum absolute atomic E-state index is 0.159. The van der Waals surface area contributed by atoms with Crippen LogP contribution in [0, 0.1) is 3.57 Å². The molecular formula is C13H15IN4O2. The molecule has 7 heteroatoms. The molecule has 0 unspecified atom stereocenters. The Morgan fingerprint density at radius 3 is 2.85 bits per heavy atom. The van der Waals surface area contributed by atoms with Gasteiger partial charge in [-0.2, -0.15) is 0 Å². The highest BCUT2D eigenvalue weighted by molar-refractivity contribution is 14.1. The van der Waals surface area contributed by atoms with Crippen molar-refractivity contribution >= 4 is 45.1 Å². The van der Waals surface area contributed by atoms with E-state index in [1.807, 2.05) is 6.92 Å². The summed E-state index contributed by atoms with van der Waals surface area (Å²) in [6, 6.07) is 3.59. The van der Waals surface area contributed by atoms with Crippen molar-refractivity contribution in [2.75, 3.05) is 19.4 Å². The third-order valence-corrected chi connectivity index (χ3v) is 3.89. The molecule has 0 bridgehead atoms. The van der Waals surface area contributed by atoms with Gasteiger partial charge in [0.1, 0.15) is 11.3 Å². The highest BCUT2D eigenvalue weighted by atomic mass is 127. The summed E-state index contributed by atoms with van der Waals surface area (Å²) in [6.45, 7) is 2.56. The highest BCUT2D eigenvalue weighted by Crippen LogP contribution is 2.31. The second-order valence-electron chi connectivity index (χ2n) is 4.20. The zero-order valence-electron chi connectivity index (χ0n) is 11.2. The van der Waals surface area contributed by atoms with Gasteiger partial charge in [-0.1, -0.05) is 6.92 Å². The number of rotatable bonds is 4. The van der Waals surface area contributed by atoms with E-state index < -0.39 is 0 Å². The van der Waals surface area contributed by atoms with E-state index in [0.29, 0.717) is 28.9 Å². The smallest absolute Gasteiger partial charge is 0.273 e. The van der Waals surface area contributed by atoms with Crippen LogP contribution in [0.3, 0.4) is 0 Å². The molecule has 2 rings (SSSR count). The Morgan fingerprint density at radius 1 is 1.45 bits per heavy atom. The second kappa shape index (κ2) is 6.21. The van der Waals surface area contributed by atoms with Gasteiger partial charge in [0.2, 0.25) is 0 Å². The molecular weight excluding hydrogens is 371 g/mol. The Morgan fingerprint density at radius 2 is 2.20 bits per heavy atom. The van der Waals surface area contributed by atoms with E-state index in [2.05, 4.69) is 38.1 Å². The van der Waals surface area contributed by atoms with Crippen LogP contribution >= 0.6 is 22.6 Å². The molecule has 1 aromatic carbocycles. The van der Waals surface area contributed by atoms with Crippen LogP contribution in [0.15, 0.2) is 12.1 Å². The summed E-state index contributed by atoms with van der Waals surface area (Å²) in [5, 5.41) is 11.5. The van der Waals surface area contributed by atoms with Gasteiger partial charge in [-0.3, -0.25) is 4.79 Å². The topological polar surface area (TPSA) is 90.1 Å². The lowest BCUT2D eigenvalue weighted by Gasteiger charge is -2.10. The Bertz CT molecular complexity index is 660. The lowest BCUT2D eigenvalue weighted by Crippen LogP contribution is -2.26. The van der Waals surface area contributed by atoms with E-state index in [1.165, 1.54) is 0 Å². The molecule has 20 heavy (non-hydrogen) atoms. The molecule has 0 fully saturated rings. The number of halogens is 1. The quantitative estimate of drug-likeness (QED) is 0.785. The third-order valence-electron chi connectivity index (χ3n) is 2.85. The number of carbonyl (C=O) groups excluding carboxylic acids is 1. The normalized spacial score (nSPS) is 10.6. The number of nitrogens with two attached hydrogens (primary N) is 1. The Kier molecular flexibility index (Phi) is 4.58. The number of methoxy groups -OCH3 is 1. The van der Waals surface area contributed by atoms with E-state index in [0.717, 1.165) is 9.99 Å². The number of nitrogen functional groups attached to an aromatic ring is 1. The van der Waals surface area contributed by atoms with Gasteiger partial charge in [0, 0.05) is 11.9 Å². The zero-order valence-corrected chi connectivity index (χ0v) is 13.4. The summed E-state index contributed by atoms with van der Waals surface area (Å²) < 4.78 is 6.05. The number of nitrogens with one attached hydrogen (secondary N) is 1. The molecule has 0 aliphatic heterocycles. The fourth-order valence-electron chi connectivity index (χ4n) is 1.79. The van der Waals surface area contributed by atoms with Crippen LogP contribution in [-0.4, -0.2) is 29.8 Å². The van der Waals surface area contributed by atoms with E-state index in [9.17, 15) is 4.79 Å². The van der Waals surface area contributed by atoms with E-state index in [1.54, 1.807) is 19.2 Å². The Balaban J connectivity index is 2.52. The molecule has 1 heterocycles. The van der Waals surface area contributed by atoms with Crippen LogP contribution in [0.2, 0.25) is 0 Å². The van der Waals surface area contributed by atoms with E-state index in [4.69, 9.17) is 10.5 Å². The van der Waals surface area contributed by atoms with Crippen molar-refractivity contribution in [2.45, 2.75) is 13.3 Å². The van der Waals surface area contributed by atoms with E-state index >= 15 is 0 Å². The molecule has 1 amide bonds. The maximum absolute atomic E-state index is 12.0. The molecule has 0 spiro atoms. The first-order valence-corrected chi connectivity index (χ1v) is 7.24. The lowest BCUT2D eigenvalue weighted by molar-refractivity contribution is 0.0949. The number of hydrogen-bond acceptors (Lipinski definition) is 5. The number of nitrogens with zero attached hydrogens (tertiary/aromatic N) is 2. The van der Waals surface area contributed by atoms with Crippen LogP contribution in [-0.2, 0) is 0 Å². The van der Waals surface area contributed by atoms with Gasteiger partial charge in [-0.25, -0.2) is 0 Å². The van der Waals surface area contributed by atoms with Crippen LogP contribution in [0.4, 0.5) is 5.69 Å². The van der Waals surface area contributed by atoms with Gasteiger partial charge in [0.05, 0.1) is 16.4 Å². The summed E-state index contributed by atoms with van der Waals surface area (Å²) in [6.07, 6.45) is 0.849. The first-order valence-electron chi connectivity index (χ1n) is 6.16. The number of hydrogen-bond donors (Lipinski definition) is 2. The molecule has 0 radical (unpaired) electrons. The van der Waals surface area contributed by atoms with Crippen molar-refractivity contribution in [3.05, 3.63) is 21.4 Å². The van der Waals surface area contributed by atoms with Crippen LogP contribution in [0.1, 0.15) is 23.8 Å². The molecule has 3 N–H and O–H groups in total. The molecule has 0 aliphatic carbocycles. The maximum Gasteiger partial charge on any atom is 0.273 e. The van der Waals surface area contributed by atoms with Crippen molar-refractivity contribution in [3.63, 3.8) is 0 Å². The van der Waals surface area contributed by atoms with Gasteiger partial charge in [-0.05, 0) is 41.1 Å². The number of amides is 1. The maximum atomic E-state index is 12.0. The van der Waals surface area contributed by atoms with Crippen molar-refractivity contribution in [1.29, 1.82) is 0 Å². The predicted molar refractivity (Wildman–Crippen MR) is 85.8 cm³/mol. The van der Waals surface area contributed by atoms with Gasteiger partial charge in [0.25, 0.3) is 5.91 Å². The molecule has 1 aromatic heterocycles. The van der Waals surface area contributed by atoms with E-state index in [-0.39, 0.29) is 11.6 Å². The molecule has 6 nitrogen and oxygen atoms in total. The number of benzene rings is 1. The van der Waals surface area contributed by atoms with Gasteiger partial charge in [-0.15, -0.1) is 10.2 Å². The summed E-state index contributed by atoms with van der Waals surface area (Å²) in [5.41, 5.74) is 7.17. The average molecular weight is 386 g/mol. The van der Waals surface area contributed by atoms with Gasteiger partial charge >= 0.3 is 0 Å². The second-order valence-corrected chi connectivity index (χ2v) is 5.27. The molecule has 0 saturated heterocycles.